The Morgan fingerprint density at radius 1 is 1.39 bits per heavy atom. The van der Waals surface area contributed by atoms with Gasteiger partial charge < -0.3 is 10.5 Å². The van der Waals surface area contributed by atoms with Gasteiger partial charge in [-0.05, 0) is 25.0 Å². The van der Waals surface area contributed by atoms with Gasteiger partial charge in [0.1, 0.15) is 5.75 Å². The first-order valence-electron chi connectivity index (χ1n) is 6.23. The van der Waals surface area contributed by atoms with Crippen molar-refractivity contribution in [2.45, 2.75) is 33.4 Å². The summed E-state index contributed by atoms with van der Waals surface area (Å²) in [6, 6.07) is 6.04. The van der Waals surface area contributed by atoms with Crippen LogP contribution >= 0.6 is 0 Å². The van der Waals surface area contributed by atoms with E-state index in [1.165, 1.54) is 0 Å². The Hall–Kier alpha value is -1.81. The van der Waals surface area contributed by atoms with E-state index >= 15 is 0 Å². The topological polar surface area (TPSA) is 53.1 Å². The molecule has 0 aliphatic heterocycles. The Morgan fingerprint density at radius 3 is 2.94 bits per heavy atom. The molecule has 0 spiro atoms. The van der Waals surface area contributed by atoms with Gasteiger partial charge in [0.15, 0.2) is 5.75 Å². The molecule has 0 radical (unpaired) electrons. The lowest BCUT2D eigenvalue weighted by molar-refractivity contribution is 0.474. The highest BCUT2D eigenvalue weighted by molar-refractivity contribution is 5.39. The molecule has 0 saturated carbocycles. The standard InChI is InChI=1S/C14H19N3O/c1-3-6-17-10-13(9-16-17)18-14-7-11(2)4-5-12(14)8-15/h4-5,7,9-10H,3,6,8,15H2,1-2H3. The molecule has 0 aliphatic rings. The second-order valence-corrected chi connectivity index (χ2v) is 4.36. The zero-order chi connectivity index (χ0) is 13.0. The minimum Gasteiger partial charge on any atom is -0.454 e. The number of rotatable bonds is 5. The number of nitrogens with zero attached hydrogens (tertiary/aromatic N) is 2. The van der Waals surface area contributed by atoms with Crippen molar-refractivity contribution in [1.29, 1.82) is 0 Å². The highest BCUT2D eigenvalue weighted by Gasteiger charge is 2.06. The number of aromatic nitrogens is 2. The van der Waals surface area contributed by atoms with Crippen LogP contribution in [0.4, 0.5) is 0 Å². The van der Waals surface area contributed by atoms with Gasteiger partial charge in [0.05, 0.1) is 12.4 Å². The third kappa shape index (κ3) is 2.90. The number of aryl methyl sites for hydroxylation is 2. The van der Waals surface area contributed by atoms with E-state index in [0.29, 0.717) is 6.54 Å². The van der Waals surface area contributed by atoms with Crippen molar-refractivity contribution < 1.29 is 4.74 Å². The van der Waals surface area contributed by atoms with Crippen LogP contribution in [0, 0.1) is 6.92 Å². The molecule has 2 rings (SSSR count). The van der Waals surface area contributed by atoms with Crippen LogP contribution in [0.15, 0.2) is 30.6 Å². The normalized spacial score (nSPS) is 10.6. The molecule has 1 heterocycles. The quantitative estimate of drug-likeness (QED) is 0.881. The molecule has 4 nitrogen and oxygen atoms in total. The predicted octanol–water partition coefficient (Wildman–Crippen LogP) is 2.85. The molecule has 2 aromatic rings. The summed E-state index contributed by atoms with van der Waals surface area (Å²) in [7, 11) is 0. The van der Waals surface area contributed by atoms with Crippen LogP contribution < -0.4 is 10.5 Å². The van der Waals surface area contributed by atoms with Crippen LogP contribution in [-0.2, 0) is 13.1 Å². The van der Waals surface area contributed by atoms with Crippen LogP contribution in [-0.4, -0.2) is 9.78 Å². The summed E-state index contributed by atoms with van der Waals surface area (Å²) in [5.41, 5.74) is 7.87. The molecule has 0 bridgehead atoms. The number of hydrogen-bond donors (Lipinski definition) is 1. The molecular weight excluding hydrogens is 226 g/mol. The fraction of sp³-hybridized carbons (Fsp3) is 0.357. The molecule has 0 aliphatic carbocycles. The van der Waals surface area contributed by atoms with E-state index < -0.39 is 0 Å². The van der Waals surface area contributed by atoms with Gasteiger partial charge in [0.2, 0.25) is 0 Å². The monoisotopic (exact) mass is 245 g/mol. The largest absolute Gasteiger partial charge is 0.454 e. The first kappa shape index (κ1) is 12.6. The smallest absolute Gasteiger partial charge is 0.165 e. The molecule has 96 valence electrons. The highest BCUT2D eigenvalue weighted by atomic mass is 16.5. The van der Waals surface area contributed by atoms with Crippen molar-refractivity contribution in [3.05, 3.63) is 41.7 Å². The van der Waals surface area contributed by atoms with Gasteiger partial charge in [0.25, 0.3) is 0 Å². The molecule has 0 atom stereocenters. The molecule has 1 aromatic carbocycles. The van der Waals surface area contributed by atoms with Crippen molar-refractivity contribution >= 4 is 0 Å². The van der Waals surface area contributed by atoms with Crippen molar-refractivity contribution in [1.82, 2.24) is 9.78 Å². The fourth-order valence-electron chi connectivity index (χ4n) is 1.80. The lowest BCUT2D eigenvalue weighted by Gasteiger charge is -2.09. The number of ether oxygens (including phenoxy) is 1. The second-order valence-electron chi connectivity index (χ2n) is 4.36. The van der Waals surface area contributed by atoms with Crippen molar-refractivity contribution in [3.63, 3.8) is 0 Å². The molecule has 2 N–H and O–H groups in total. The lowest BCUT2D eigenvalue weighted by atomic mass is 10.1. The van der Waals surface area contributed by atoms with E-state index in [2.05, 4.69) is 12.0 Å². The maximum absolute atomic E-state index is 5.84. The second kappa shape index (κ2) is 5.69. The minimum atomic E-state index is 0.471. The molecule has 1 aromatic heterocycles. The summed E-state index contributed by atoms with van der Waals surface area (Å²) in [5, 5.41) is 4.24. The van der Waals surface area contributed by atoms with E-state index in [0.717, 1.165) is 35.6 Å². The van der Waals surface area contributed by atoms with Crippen LogP contribution in [0.5, 0.6) is 11.5 Å². The van der Waals surface area contributed by atoms with Gasteiger partial charge in [0, 0.05) is 18.7 Å². The summed E-state index contributed by atoms with van der Waals surface area (Å²) in [6.45, 7) is 5.53. The van der Waals surface area contributed by atoms with Gasteiger partial charge >= 0.3 is 0 Å². The van der Waals surface area contributed by atoms with Gasteiger partial charge in [-0.3, -0.25) is 4.68 Å². The minimum absolute atomic E-state index is 0.471. The van der Waals surface area contributed by atoms with Crippen LogP contribution in [0.25, 0.3) is 0 Å². The molecule has 0 fully saturated rings. The Bertz CT molecular complexity index is 520. The average molecular weight is 245 g/mol. The van der Waals surface area contributed by atoms with Gasteiger partial charge in [-0.15, -0.1) is 0 Å². The maximum atomic E-state index is 5.84. The summed E-state index contributed by atoms with van der Waals surface area (Å²) in [6.07, 6.45) is 4.70. The third-order valence-corrected chi connectivity index (χ3v) is 2.73. The summed E-state index contributed by atoms with van der Waals surface area (Å²) >= 11 is 0. The first-order chi connectivity index (χ1) is 8.72. The van der Waals surface area contributed by atoms with E-state index in [4.69, 9.17) is 10.5 Å². The van der Waals surface area contributed by atoms with Gasteiger partial charge in [-0.25, -0.2) is 0 Å². The van der Waals surface area contributed by atoms with E-state index in [9.17, 15) is 0 Å². The molecule has 4 heteroatoms. The van der Waals surface area contributed by atoms with E-state index in [1.54, 1.807) is 6.20 Å². The average Bonchev–Trinajstić information content (AvgIpc) is 2.77. The Balaban J connectivity index is 2.19. The predicted molar refractivity (Wildman–Crippen MR) is 71.7 cm³/mol. The maximum Gasteiger partial charge on any atom is 0.165 e. The summed E-state index contributed by atoms with van der Waals surface area (Å²) < 4.78 is 7.73. The highest BCUT2D eigenvalue weighted by Crippen LogP contribution is 2.26. The number of nitrogens with two attached hydrogens (primary N) is 1. The Labute approximate surface area is 107 Å². The number of hydrogen-bond acceptors (Lipinski definition) is 3. The van der Waals surface area contributed by atoms with Crippen LogP contribution in [0.2, 0.25) is 0 Å². The van der Waals surface area contributed by atoms with Crippen molar-refractivity contribution in [2.24, 2.45) is 5.73 Å². The Morgan fingerprint density at radius 2 is 2.22 bits per heavy atom. The zero-order valence-electron chi connectivity index (χ0n) is 10.9. The molecule has 0 amide bonds. The number of benzene rings is 1. The first-order valence-corrected chi connectivity index (χ1v) is 6.23. The van der Waals surface area contributed by atoms with Crippen molar-refractivity contribution in [2.75, 3.05) is 0 Å². The molecular formula is C14H19N3O. The van der Waals surface area contributed by atoms with Crippen molar-refractivity contribution in [3.8, 4) is 11.5 Å². The molecule has 18 heavy (non-hydrogen) atoms. The van der Waals surface area contributed by atoms with E-state index in [-0.39, 0.29) is 0 Å². The SMILES string of the molecule is CCCn1cc(Oc2cc(C)ccc2CN)cn1. The fourth-order valence-corrected chi connectivity index (χ4v) is 1.80. The molecule has 0 unspecified atom stereocenters. The summed E-state index contributed by atoms with van der Waals surface area (Å²) in [4.78, 5) is 0. The summed E-state index contributed by atoms with van der Waals surface area (Å²) in [5.74, 6) is 1.57. The zero-order valence-corrected chi connectivity index (χ0v) is 10.9. The third-order valence-electron chi connectivity index (χ3n) is 2.73. The van der Waals surface area contributed by atoms with Gasteiger partial charge in [-0.2, -0.15) is 5.10 Å². The van der Waals surface area contributed by atoms with Crippen LogP contribution in [0.1, 0.15) is 24.5 Å². The van der Waals surface area contributed by atoms with Crippen LogP contribution in [0.3, 0.4) is 0 Å². The Kier molecular flexibility index (Phi) is 3.99. The molecule has 0 saturated heterocycles. The van der Waals surface area contributed by atoms with E-state index in [1.807, 2.05) is 36.0 Å². The van der Waals surface area contributed by atoms with Gasteiger partial charge in [-0.1, -0.05) is 19.1 Å². The lowest BCUT2D eigenvalue weighted by Crippen LogP contribution is -1.99.